The minimum Gasteiger partial charge on any atom is -0.397 e. The van der Waals surface area contributed by atoms with E-state index in [4.69, 9.17) is 11.0 Å². The van der Waals surface area contributed by atoms with Gasteiger partial charge in [-0.1, -0.05) is 13.8 Å². The molecule has 1 aromatic carbocycles. The summed E-state index contributed by atoms with van der Waals surface area (Å²) in [7, 11) is 0. The third-order valence-electron chi connectivity index (χ3n) is 2.53. The molecule has 0 aromatic heterocycles. The van der Waals surface area contributed by atoms with Crippen molar-refractivity contribution in [1.82, 2.24) is 0 Å². The van der Waals surface area contributed by atoms with Crippen molar-refractivity contribution >= 4 is 11.4 Å². The molecule has 0 atom stereocenters. The number of hydrogen-bond acceptors (Lipinski definition) is 3. The molecule has 0 aliphatic rings. The number of hydrogen-bond donors (Lipinski definition) is 2. The number of nitrogens with two attached hydrogens (primary N) is 1. The molecule has 0 saturated carbocycles. The van der Waals surface area contributed by atoms with Gasteiger partial charge >= 0.3 is 0 Å². The fourth-order valence-electron chi connectivity index (χ4n) is 1.46. The summed E-state index contributed by atoms with van der Waals surface area (Å²) in [5.74, 6) is 0. The molecule has 0 radical (unpaired) electrons. The van der Waals surface area contributed by atoms with Gasteiger partial charge in [0.1, 0.15) is 0 Å². The Morgan fingerprint density at radius 3 is 2.60 bits per heavy atom. The van der Waals surface area contributed by atoms with Crippen LogP contribution >= 0.6 is 0 Å². The fourth-order valence-corrected chi connectivity index (χ4v) is 1.46. The predicted molar refractivity (Wildman–Crippen MR) is 63.6 cm³/mol. The molecule has 3 heteroatoms. The molecule has 3 N–H and O–H groups in total. The lowest BCUT2D eigenvalue weighted by Crippen LogP contribution is -2.17. The first kappa shape index (κ1) is 11.4. The predicted octanol–water partition coefficient (Wildman–Crippen LogP) is 2.74. The van der Waals surface area contributed by atoms with Crippen molar-refractivity contribution in [1.29, 1.82) is 5.26 Å². The van der Waals surface area contributed by atoms with Crippen molar-refractivity contribution in [2.75, 3.05) is 11.1 Å². The summed E-state index contributed by atoms with van der Waals surface area (Å²) in [5, 5.41) is 12.1. The molecule has 0 bridgehead atoms. The van der Waals surface area contributed by atoms with Crippen molar-refractivity contribution in [3.63, 3.8) is 0 Å². The highest BCUT2D eigenvalue weighted by atomic mass is 14.9. The molecular formula is C12H17N3. The van der Waals surface area contributed by atoms with E-state index in [0.717, 1.165) is 18.5 Å². The molecule has 0 aliphatic heterocycles. The van der Waals surface area contributed by atoms with Crippen LogP contribution in [0, 0.1) is 11.3 Å². The van der Waals surface area contributed by atoms with Gasteiger partial charge in [-0.25, -0.2) is 0 Å². The van der Waals surface area contributed by atoms with Crippen LogP contribution < -0.4 is 11.1 Å². The average Bonchev–Trinajstić information content (AvgIpc) is 2.28. The summed E-state index contributed by atoms with van der Waals surface area (Å²) < 4.78 is 0. The maximum absolute atomic E-state index is 8.78. The summed E-state index contributed by atoms with van der Waals surface area (Å²) in [5.41, 5.74) is 8.03. The molecule has 0 amide bonds. The molecule has 0 fully saturated rings. The molecule has 15 heavy (non-hydrogen) atoms. The van der Waals surface area contributed by atoms with Gasteiger partial charge in [0.25, 0.3) is 0 Å². The highest BCUT2D eigenvalue weighted by Gasteiger charge is 2.06. The Labute approximate surface area is 90.9 Å². The van der Waals surface area contributed by atoms with Crippen LogP contribution in [0.15, 0.2) is 18.2 Å². The number of rotatable bonds is 4. The van der Waals surface area contributed by atoms with E-state index in [1.807, 2.05) is 0 Å². The Balaban J connectivity index is 2.88. The molecule has 3 nitrogen and oxygen atoms in total. The molecule has 1 aromatic rings. The molecule has 0 spiro atoms. The van der Waals surface area contributed by atoms with Gasteiger partial charge in [-0.05, 0) is 31.0 Å². The van der Waals surface area contributed by atoms with Crippen molar-refractivity contribution in [3.05, 3.63) is 23.8 Å². The van der Waals surface area contributed by atoms with Crippen molar-refractivity contribution in [2.45, 2.75) is 32.7 Å². The van der Waals surface area contributed by atoms with Crippen LogP contribution in [0.5, 0.6) is 0 Å². The van der Waals surface area contributed by atoms with E-state index in [-0.39, 0.29) is 0 Å². The zero-order valence-electron chi connectivity index (χ0n) is 9.25. The summed E-state index contributed by atoms with van der Waals surface area (Å²) in [6.45, 7) is 4.26. The monoisotopic (exact) mass is 203 g/mol. The highest BCUT2D eigenvalue weighted by Crippen LogP contribution is 2.21. The average molecular weight is 203 g/mol. The Hall–Kier alpha value is -1.69. The SMILES string of the molecule is CCC(CC)Nc1cc(C#N)ccc1N. The third kappa shape index (κ3) is 2.88. The molecule has 0 aliphatic carbocycles. The van der Waals surface area contributed by atoms with Gasteiger partial charge in [0.15, 0.2) is 0 Å². The molecule has 0 unspecified atom stereocenters. The van der Waals surface area contributed by atoms with Crippen LogP contribution in [-0.4, -0.2) is 6.04 Å². The molecule has 0 heterocycles. The normalized spacial score (nSPS) is 10.0. The lowest BCUT2D eigenvalue weighted by molar-refractivity contribution is 0.672. The first-order valence-corrected chi connectivity index (χ1v) is 5.27. The molecule has 80 valence electrons. The van der Waals surface area contributed by atoms with E-state index in [1.54, 1.807) is 18.2 Å². The minimum absolute atomic E-state index is 0.418. The van der Waals surface area contributed by atoms with Crippen LogP contribution in [0.4, 0.5) is 11.4 Å². The topological polar surface area (TPSA) is 61.8 Å². The van der Waals surface area contributed by atoms with E-state index >= 15 is 0 Å². The van der Waals surface area contributed by atoms with E-state index in [0.29, 0.717) is 17.3 Å². The number of anilines is 2. The second-order valence-corrected chi connectivity index (χ2v) is 3.57. The van der Waals surface area contributed by atoms with Crippen molar-refractivity contribution in [2.24, 2.45) is 0 Å². The van der Waals surface area contributed by atoms with Crippen LogP contribution in [0.3, 0.4) is 0 Å². The van der Waals surface area contributed by atoms with Gasteiger partial charge in [-0.15, -0.1) is 0 Å². The third-order valence-corrected chi connectivity index (χ3v) is 2.53. The number of nitriles is 1. The standard InChI is InChI=1S/C12H17N3/c1-3-10(4-2)15-12-7-9(8-13)5-6-11(12)14/h5-7,10,15H,3-4,14H2,1-2H3. The van der Waals surface area contributed by atoms with Crippen LogP contribution in [0.25, 0.3) is 0 Å². The summed E-state index contributed by atoms with van der Waals surface area (Å²) in [6, 6.07) is 7.82. The lowest BCUT2D eigenvalue weighted by atomic mass is 10.1. The van der Waals surface area contributed by atoms with E-state index in [9.17, 15) is 0 Å². The fraction of sp³-hybridized carbons (Fsp3) is 0.417. The first-order chi connectivity index (χ1) is 7.21. The number of nitrogens with zero attached hydrogens (tertiary/aromatic N) is 1. The van der Waals surface area contributed by atoms with E-state index in [2.05, 4.69) is 25.2 Å². The van der Waals surface area contributed by atoms with Gasteiger partial charge in [-0.2, -0.15) is 5.26 Å². The second kappa shape index (κ2) is 5.26. The van der Waals surface area contributed by atoms with Gasteiger partial charge in [0, 0.05) is 6.04 Å². The smallest absolute Gasteiger partial charge is 0.0992 e. The summed E-state index contributed by atoms with van der Waals surface area (Å²) >= 11 is 0. The number of nitrogens with one attached hydrogen (secondary N) is 1. The van der Waals surface area contributed by atoms with E-state index in [1.165, 1.54) is 0 Å². The zero-order valence-corrected chi connectivity index (χ0v) is 9.25. The Morgan fingerprint density at radius 1 is 1.40 bits per heavy atom. The largest absolute Gasteiger partial charge is 0.397 e. The lowest BCUT2D eigenvalue weighted by Gasteiger charge is -2.17. The van der Waals surface area contributed by atoms with Crippen LogP contribution in [-0.2, 0) is 0 Å². The number of nitrogen functional groups attached to an aromatic ring is 1. The summed E-state index contributed by atoms with van der Waals surface area (Å²) in [6.07, 6.45) is 2.10. The van der Waals surface area contributed by atoms with Gasteiger partial charge in [0.2, 0.25) is 0 Å². The van der Waals surface area contributed by atoms with Gasteiger partial charge in [-0.3, -0.25) is 0 Å². The maximum Gasteiger partial charge on any atom is 0.0992 e. The quantitative estimate of drug-likeness (QED) is 0.739. The molecule has 0 saturated heterocycles. The maximum atomic E-state index is 8.78. The van der Waals surface area contributed by atoms with Crippen LogP contribution in [0.2, 0.25) is 0 Å². The minimum atomic E-state index is 0.418. The zero-order chi connectivity index (χ0) is 11.3. The Bertz CT molecular complexity index is 362. The summed E-state index contributed by atoms with van der Waals surface area (Å²) in [4.78, 5) is 0. The molecular weight excluding hydrogens is 186 g/mol. The van der Waals surface area contributed by atoms with Crippen molar-refractivity contribution < 1.29 is 0 Å². The Kier molecular flexibility index (Phi) is 3.99. The Morgan fingerprint density at radius 2 is 2.07 bits per heavy atom. The first-order valence-electron chi connectivity index (χ1n) is 5.27. The van der Waals surface area contributed by atoms with Crippen molar-refractivity contribution in [3.8, 4) is 6.07 Å². The van der Waals surface area contributed by atoms with Gasteiger partial charge in [0.05, 0.1) is 23.0 Å². The molecule has 1 rings (SSSR count). The van der Waals surface area contributed by atoms with Gasteiger partial charge < -0.3 is 11.1 Å². The number of benzene rings is 1. The highest BCUT2D eigenvalue weighted by molar-refractivity contribution is 5.68. The van der Waals surface area contributed by atoms with E-state index < -0.39 is 0 Å². The van der Waals surface area contributed by atoms with Crippen LogP contribution in [0.1, 0.15) is 32.3 Å². The second-order valence-electron chi connectivity index (χ2n) is 3.57.